The summed E-state index contributed by atoms with van der Waals surface area (Å²) >= 11 is 0. The summed E-state index contributed by atoms with van der Waals surface area (Å²) in [5.41, 5.74) is 1.23. The summed E-state index contributed by atoms with van der Waals surface area (Å²) in [5.74, 6) is 0. The van der Waals surface area contributed by atoms with Crippen LogP contribution in [0.1, 0.15) is 39.0 Å². The summed E-state index contributed by atoms with van der Waals surface area (Å²) in [4.78, 5) is 0. The summed E-state index contributed by atoms with van der Waals surface area (Å²) in [6, 6.07) is 0. The monoisotopic (exact) mass is 123 g/mol. The molecule has 2 rings (SSSR count). The number of hydrogen-bond donors (Lipinski definition) is 0. The molecule has 51 valence electrons. The highest BCUT2D eigenvalue weighted by molar-refractivity contribution is 5.03. The van der Waals surface area contributed by atoms with Gasteiger partial charge in [-0.15, -0.1) is 0 Å². The third kappa shape index (κ3) is 0.720. The lowest BCUT2D eigenvalue weighted by Crippen LogP contribution is -2.08. The SMILES string of the molecule is [CH2]C12CCC(C)(CC1)C2. The minimum atomic E-state index is 0.523. The van der Waals surface area contributed by atoms with Crippen LogP contribution in [-0.4, -0.2) is 0 Å². The molecule has 2 aliphatic carbocycles. The second kappa shape index (κ2) is 1.36. The van der Waals surface area contributed by atoms with Crippen molar-refractivity contribution in [1.82, 2.24) is 0 Å². The Bertz CT molecular complexity index is 111. The van der Waals surface area contributed by atoms with Crippen LogP contribution in [0.25, 0.3) is 0 Å². The lowest BCUT2D eigenvalue weighted by molar-refractivity contribution is 0.322. The lowest BCUT2D eigenvalue weighted by Gasteiger charge is -2.21. The van der Waals surface area contributed by atoms with E-state index in [-0.39, 0.29) is 0 Å². The molecule has 0 saturated heterocycles. The molecular weight excluding hydrogens is 108 g/mol. The smallest absolute Gasteiger partial charge is 0.0292 e. The molecule has 2 saturated carbocycles. The predicted molar refractivity (Wildman–Crippen MR) is 39.0 cm³/mol. The molecule has 0 unspecified atom stereocenters. The van der Waals surface area contributed by atoms with Gasteiger partial charge in [0.1, 0.15) is 0 Å². The Labute approximate surface area is 57.6 Å². The zero-order valence-corrected chi connectivity index (χ0v) is 6.24. The average Bonchev–Trinajstić information content (AvgIpc) is 2.19. The first-order chi connectivity index (χ1) is 4.12. The summed E-state index contributed by atoms with van der Waals surface area (Å²) in [7, 11) is 0. The van der Waals surface area contributed by atoms with E-state index in [4.69, 9.17) is 0 Å². The van der Waals surface area contributed by atoms with Gasteiger partial charge in [-0.3, -0.25) is 0 Å². The lowest BCUT2D eigenvalue weighted by atomic mass is 9.84. The van der Waals surface area contributed by atoms with E-state index in [2.05, 4.69) is 13.8 Å². The van der Waals surface area contributed by atoms with E-state index in [0.717, 1.165) is 0 Å². The van der Waals surface area contributed by atoms with Gasteiger partial charge in [0.05, 0.1) is 0 Å². The maximum atomic E-state index is 4.27. The molecule has 0 heteroatoms. The van der Waals surface area contributed by atoms with Crippen LogP contribution in [0.4, 0.5) is 0 Å². The molecule has 0 heterocycles. The van der Waals surface area contributed by atoms with Crippen molar-refractivity contribution in [3.63, 3.8) is 0 Å². The van der Waals surface area contributed by atoms with Crippen molar-refractivity contribution < 1.29 is 0 Å². The minimum absolute atomic E-state index is 0.523. The van der Waals surface area contributed by atoms with E-state index in [1.54, 1.807) is 0 Å². The van der Waals surface area contributed by atoms with Crippen LogP contribution in [0, 0.1) is 17.8 Å². The highest BCUT2D eigenvalue weighted by Gasteiger charge is 2.48. The van der Waals surface area contributed by atoms with Gasteiger partial charge in [0.2, 0.25) is 0 Å². The van der Waals surface area contributed by atoms with Crippen molar-refractivity contribution in [3.05, 3.63) is 6.92 Å². The zero-order valence-electron chi connectivity index (χ0n) is 6.24. The number of hydrogen-bond acceptors (Lipinski definition) is 0. The Morgan fingerprint density at radius 3 is 1.78 bits per heavy atom. The quantitative estimate of drug-likeness (QED) is 0.464. The molecule has 2 aliphatic rings. The molecule has 0 nitrogen and oxygen atoms in total. The second-order valence-corrected chi connectivity index (χ2v) is 4.49. The third-order valence-corrected chi connectivity index (χ3v) is 3.32. The van der Waals surface area contributed by atoms with E-state index in [9.17, 15) is 0 Å². The molecular formula is C9H15. The maximum absolute atomic E-state index is 4.27. The van der Waals surface area contributed by atoms with Crippen molar-refractivity contribution >= 4 is 0 Å². The summed E-state index contributed by atoms with van der Waals surface area (Å²) in [5, 5.41) is 0. The van der Waals surface area contributed by atoms with Crippen LogP contribution in [0.5, 0.6) is 0 Å². The number of rotatable bonds is 0. The fourth-order valence-corrected chi connectivity index (χ4v) is 2.64. The van der Waals surface area contributed by atoms with Crippen LogP contribution < -0.4 is 0 Å². The Hall–Kier alpha value is 0. The minimum Gasteiger partial charge on any atom is -0.0596 e. The highest BCUT2D eigenvalue weighted by atomic mass is 14.5. The van der Waals surface area contributed by atoms with Crippen molar-refractivity contribution in [2.45, 2.75) is 39.0 Å². The Morgan fingerprint density at radius 2 is 1.67 bits per heavy atom. The molecule has 0 amide bonds. The van der Waals surface area contributed by atoms with Gasteiger partial charge in [0.25, 0.3) is 0 Å². The van der Waals surface area contributed by atoms with Crippen molar-refractivity contribution in [1.29, 1.82) is 0 Å². The van der Waals surface area contributed by atoms with Gasteiger partial charge >= 0.3 is 0 Å². The molecule has 0 N–H and O–H groups in total. The fraction of sp³-hybridized carbons (Fsp3) is 0.889. The second-order valence-electron chi connectivity index (χ2n) is 4.49. The van der Waals surface area contributed by atoms with Gasteiger partial charge in [-0.05, 0) is 49.9 Å². The summed E-state index contributed by atoms with van der Waals surface area (Å²) in [6.45, 7) is 6.70. The normalized spacial score (nSPS) is 56.7. The average molecular weight is 123 g/mol. The van der Waals surface area contributed by atoms with E-state index in [0.29, 0.717) is 10.8 Å². The van der Waals surface area contributed by atoms with Crippen molar-refractivity contribution in [3.8, 4) is 0 Å². The maximum Gasteiger partial charge on any atom is -0.0292 e. The Morgan fingerprint density at radius 1 is 1.11 bits per heavy atom. The topological polar surface area (TPSA) is 0 Å². The van der Waals surface area contributed by atoms with Gasteiger partial charge in [-0.2, -0.15) is 0 Å². The molecule has 2 bridgehead atoms. The van der Waals surface area contributed by atoms with Gasteiger partial charge in [0, 0.05) is 0 Å². The van der Waals surface area contributed by atoms with Crippen LogP contribution in [0.3, 0.4) is 0 Å². The van der Waals surface area contributed by atoms with Crippen LogP contribution in [-0.2, 0) is 0 Å². The van der Waals surface area contributed by atoms with Crippen molar-refractivity contribution in [2.24, 2.45) is 10.8 Å². The predicted octanol–water partition coefficient (Wildman–Crippen LogP) is 2.79. The summed E-state index contributed by atoms with van der Waals surface area (Å²) < 4.78 is 0. The zero-order chi connectivity index (χ0) is 6.54. The highest BCUT2D eigenvalue weighted by Crippen LogP contribution is 2.60. The molecule has 0 aromatic carbocycles. The Kier molecular flexibility index (Phi) is 0.868. The summed E-state index contributed by atoms with van der Waals surface area (Å²) in [6.07, 6.45) is 7.07. The molecule has 0 aromatic heterocycles. The molecule has 2 fully saturated rings. The molecule has 0 spiro atoms. The van der Waals surface area contributed by atoms with E-state index < -0.39 is 0 Å². The standard InChI is InChI=1S/C9H15/c1-8-3-5-9(2,7-8)6-4-8/h1,3-7H2,2H3. The third-order valence-electron chi connectivity index (χ3n) is 3.32. The van der Waals surface area contributed by atoms with Crippen LogP contribution in [0.15, 0.2) is 0 Å². The molecule has 0 atom stereocenters. The fourth-order valence-electron chi connectivity index (χ4n) is 2.64. The largest absolute Gasteiger partial charge is 0.0596 e. The first-order valence-corrected chi connectivity index (χ1v) is 3.97. The van der Waals surface area contributed by atoms with Crippen molar-refractivity contribution in [2.75, 3.05) is 0 Å². The Balaban J connectivity index is 2.25. The first-order valence-electron chi connectivity index (χ1n) is 3.97. The molecule has 0 aliphatic heterocycles. The van der Waals surface area contributed by atoms with Crippen LogP contribution >= 0.6 is 0 Å². The molecule has 9 heavy (non-hydrogen) atoms. The van der Waals surface area contributed by atoms with E-state index >= 15 is 0 Å². The van der Waals surface area contributed by atoms with Gasteiger partial charge in [-0.1, -0.05) is 6.92 Å². The van der Waals surface area contributed by atoms with E-state index in [1.165, 1.54) is 32.1 Å². The number of fused-ring (bicyclic) bond motifs is 2. The van der Waals surface area contributed by atoms with Gasteiger partial charge < -0.3 is 0 Å². The van der Waals surface area contributed by atoms with E-state index in [1.807, 2.05) is 0 Å². The molecule has 0 aromatic rings. The molecule has 1 radical (unpaired) electrons. The van der Waals surface area contributed by atoms with Gasteiger partial charge in [0.15, 0.2) is 0 Å². The van der Waals surface area contributed by atoms with Crippen LogP contribution in [0.2, 0.25) is 0 Å². The first kappa shape index (κ1) is 5.76. The van der Waals surface area contributed by atoms with Gasteiger partial charge in [-0.25, -0.2) is 0 Å².